The van der Waals surface area contributed by atoms with Crippen molar-refractivity contribution in [1.82, 2.24) is 0 Å². The summed E-state index contributed by atoms with van der Waals surface area (Å²) in [5, 5.41) is 11.7. The summed E-state index contributed by atoms with van der Waals surface area (Å²) >= 11 is 0. The van der Waals surface area contributed by atoms with Gasteiger partial charge >= 0.3 is 0 Å². The van der Waals surface area contributed by atoms with E-state index in [-0.39, 0.29) is 0 Å². The van der Waals surface area contributed by atoms with Crippen molar-refractivity contribution in [3.63, 3.8) is 0 Å². The molecule has 0 saturated carbocycles. The fourth-order valence-corrected chi connectivity index (χ4v) is 3.14. The molecule has 0 unspecified atom stereocenters. The second-order valence-corrected chi connectivity index (χ2v) is 6.34. The zero-order chi connectivity index (χ0) is 19.3. The van der Waals surface area contributed by atoms with E-state index in [1.165, 1.54) is 0 Å². The quantitative estimate of drug-likeness (QED) is 0.683. The van der Waals surface area contributed by atoms with Crippen LogP contribution in [0.3, 0.4) is 0 Å². The lowest BCUT2D eigenvalue weighted by molar-refractivity contribution is 0.0810. The van der Waals surface area contributed by atoms with Crippen molar-refractivity contribution in [2.24, 2.45) is 0 Å². The van der Waals surface area contributed by atoms with E-state index >= 15 is 0 Å². The van der Waals surface area contributed by atoms with Gasteiger partial charge in [-0.15, -0.1) is 0 Å². The second kappa shape index (κ2) is 8.14. The molecule has 0 aliphatic heterocycles. The molecule has 1 N–H and O–H groups in total. The van der Waals surface area contributed by atoms with Crippen molar-refractivity contribution in [2.45, 2.75) is 12.0 Å². The van der Waals surface area contributed by atoms with Crippen LogP contribution in [0.5, 0.6) is 17.2 Å². The summed E-state index contributed by atoms with van der Waals surface area (Å²) in [5.74, 6) is 2.29. The Bertz CT molecular complexity index is 805. The van der Waals surface area contributed by atoms with E-state index in [0.29, 0.717) is 6.42 Å². The first kappa shape index (κ1) is 18.8. The molecular formula is C23H24O4. The Morgan fingerprint density at radius 2 is 0.926 bits per heavy atom. The third-order valence-electron chi connectivity index (χ3n) is 4.75. The minimum Gasteiger partial charge on any atom is -0.497 e. The van der Waals surface area contributed by atoms with E-state index in [9.17, 15) is 5.11 Å². The van der Waals surface area contributed by atoms with Gasteiger partial charge in [0.25, 0.3) is 0 Å². The zero-order valence-corrected chi connectivity index (χ0v) is 15.8. The standard InChI is InChI=1S/C23H24O4/c1-25-20-10-4-17(5-11-20)16-23(24,18-6-12-21(26-2)13-7-18)19-8-14-22(27-3)15-9-19/h4-15,24H,16H2,1-3H3. The fraction of sp³-hybridized carbons (Fsp3) is 0.217. The van der Waals surface area contributed by atoms with E-state index in [4.69, 9.17) is 14.2 Å². The maximum Gasteiger partial charge on any atom is 0.119 e. The van der Waals surface area contributed by atoms with Gasteiger partial charge in [0.15, 0.2) is 0 Å². The van der Waals surface area contributed by atoms with Gasteiger partial charge in [-0.25, -0.2) is 0 Å². The molecule has 0 atom stereocenters. The fourth-order valence-electron chi connectivity index (χ4n) is 3.14. The minimum atomic E-state index is -1.19. The first-order valence-electron chi connectivity index (χ1n) is 8.73. The number of hydrogen-bond donors (Lipinski definition) is 1. The number of benzene rings is 3. The maximum absolute atomic E-state index is 11.7. The van der Waals surface area contributed by atoms with E-state index < -0.39 is 5.60 Å². The molecule has 27 heavy (non-hydrogen) atoms. The van der Waals surface area contributed by atoms with E-state index in [1.807, 2.05) is 72.8 Å². The monoisotopic (exact) mass is 364 g/mol. The number of aliphatic hydroxyl groups is 1. The first-order valence-corrected chi connectivity index (χ1v) is 8.73. The summed E-state index contributed by atoms with van der Waals surface area (Å²) in [7, 11) is 4.89. The predicted molar refractivity (Wildman–Crippen MR) is 106 cm³/mol. The maximum atomic E-state index is 11.7. The summed E-state index contributed by atoms with van der Waals surface area (Å²) in [6.45, 7) is 0. The Labute approximate surface area is 160 Å². The first-order chi connectivity index (χ1) is 13.1. The van der Waals surface area contributed by atoms with Gasteiger partial charge in [0.1, 0.15) is 22.8 Å². The molecule has 3 aromatic rings. The van der Waals surface area contributed by atoms with Crippen molar-refractivity contribution in [3.8, 4) is 17.2 Å². The SMILES string of the molecule is COc1ccc(CC(O)(c2ccc(OC)cc2)c2ccc(OC)cc2)cc1. The van der Waals surface area contributed by atoms with Crippen molar-refractivity contribution in [2.75, 3.05) is 21.3 Å². The van der Waals surface area contributed by atoms with Crippen LogP contribution in [0, 0.1) is 0 Å². The second-order valence-electron chi connectivity index (χ2n) is 6.34. The van der Waals surface area contributed by atoms with Gasteiger partial charge in [-0.2, -0.15) is 0 Å². The van der Waals surface area contributed by atoms with Crippen LogP contribution in [0.1, 0.15) is 16.7 Å². The molecule has 0 saturated heterocycles. The molecule has 0 spiro atoms. The molecule has 0 fully saturated rings. The van der Waals surface area contributed by atoms with Gasteiger partial charge in [0.05, 0.1) is 21.3 Å². The summed E-state index contributed by atoms with van der Waals surface area (Å²) < 4.78 is 15.7. The molecule has 3 rings (SSSR count). The largest absolute Gasteiger partial charge is 0.497 e. The van der Waals surface area contributed by atoms with Crippen LogP contribution in [0.15, 0.2) is 72.8 Å². The normalized spacial score (nSPS) is 11.1. The van der Waals surface area contributed by atoms with Crippen LogP contribution in [0.4, 0.5) is 0 Å². The van der Waals surface area contributed by atoms with Gasteiger partial charge in [0, 0.05) is 6.42 Å². The Morgan fingerprint density at radius 1 is 0.593 bits per heavy atom. The number of hydrogen-bond acceptors (Lipinski definition) is 4. The highest BCUT2D eigenvalue weighted by Crippen LogP contribution is 2.35. The molecule has 0 aliphatic rings. The van der Waals surface area contributed by atoms with Crippen LogP contribution < -0.4 is 14.2 Å². The molecule has 0 aliphatic carbocycles. The van der Waals surface area contributed by atoms with Gasteiger partial charge < -0.3 is 19.3 Å². The summed E-state index contributed by atoms with van der Waals surface area (Å²) in [5.41, 5.74) is 1.41. The van der Waals surface area contributed by atoms with Crippen LogP contribution >= 0.6 is 0 Å². The van der Waals surface area contributed by atoms with Crippen molar-refractivity contribution in [3.05, 3.63) is 89.5 Å². The topological polar surface area (TPSA) is 47.9 Å². The molecule has 3 aromatic carbocycles. The van der Waals surface area contributed by atoms with E-state index in [0.717, 1.165) is 33.9 Å². The summed E-state index contributed by atoms with van der Waals surface area (Å²) in [4.78, 5) is 0. The Balaban J connectivity index is 2.02. The summed E-state index contributed by atoms with van der Waals surface area (Å²) in [6.07, 6.45) is 0.426. The molecule has 140 valence electrons. The van der Waals surface area contributed by atoms with Crippen molar-refractivity contribution in [1.29, 1.82) is 0 Å². The highest BCUT2D eigenvalue weighted by Gasteiger charge is 2.32. The molecule has 0 amide bonds. The Kier molecular flexibility index (Phi) is 5.67. The third kappa shape index (κ3) is 4.07. The van der Waals surface area contributed by atoms with Gasteiger partial charge in [-0.05, 0) is 53.1 Å². The highest BCUT2D eigenvalue weighted by molar-refractivity contribution is 5.43. The van der Waals surface area contributed by atoms with Crippen LogP contribution in [-0.2, 0) is 12.0 Å². The van der Waals surface area contributed by atoms with Crippen LogP contribution in [-0.4, -0.2) is 26.4 Å². The van der Waals surface area contributed by atoms with E-state index in [1.54, 1.807) is 21.3 Å². The lowest BCUT2D eigenvalue weighted by Crippen LogP contribution is -2.30. The Hall–Kier alpha value is -2.98. The predicted octanol–water partition coefficient (Wildman–Crippen LogP) is 4.19. The zero-order valence-electron chi connectivity index (χ0n) is 15.8. The lowest BCUT2D eigenvalue weighted by atomic mass is 9.81. The molecule has 0 heterocycles. The molecule has 0 aromatic heterocycles. The molecule has 4 heteroatoms. The van der Waals surface area contributed by atoms with Gasteiger partial charge in [0.2, 0.25) is 0 Å². The average molecular weight is 364 g/mol. The third-order valence-corrected chi connectivity index (χ3v) is 4.75. The number of methoxy groups -OCH3 is 3. The molecule has 0 bridgehead atoms. The Morgan fingerprint density at radius 3 is 1.26 bits per heavy atom. The smallest absolute Gasteiger partial charge is 0.119 e. The molecule has 4 nitrogen and oxygen atoms in total. The lowest BCUT2D eigenvalue weighted by Gasteiger charge is -2.30. The highest BCUT2D eigenvalue weighted by atomic mass is 16.5. The summed E-state index contributed by atoms with van der Waals surface area (Å²) in [6, 6.07) is 22.8. The van der Waals surface area contributed by atoms with Crippen LogP contribution in [0.2, 0.25) is 0 Å². The minimum absolute atomic E-state index is 0.426. The number of ether oxygens (including phenoxy) is 3. The van der Waals surface area contributed by atoms with Crippen molar-refractivity contribution < 1.29 is 19.3 Å². The van der Waals surface area contributed by atoms with E-state index in [2.05, 4.69) is 0 Å². The average Bonchev–Trinajstić information content (AvgIpc) is 2.74. The van der Waals surface area contributed by atoms with Crippen LogP contribution in [0.25, 0.3) is 0 Å². The van der Waals surface area contributed by atoms with Gasteiger partial charge in [-0.1, -0.05) is 36.4 Å². The number of rotatable bonds is 7. The molecule has 0 radical (unpaired) electrons. The van der Waals surface area contributed by atoms with Crippen molar-refractivity contribution >= 4 is 0 Å². The van der Waals surface area contributed by atoms with Gasteiger partial charge in [-0.3, -0.25) is 0 Å². The molecular weight excluding hydrogens is 340 g/mol.